The molecule has 0 aliphatic carbocycles. The molecule has 0 unspecified atom stereocenters. The number of hydrogen-bond acceptors (Lipinski definition) is 1. The molecule has 0 spiro atoms. The van der Waals surface area contributed by atoms with E-state index in [1.165, 1.54) is 64.3 Å². The molecule has 0 aromatic rings. The van der Waals surface area contributed by atoms with Crippen LogP contribution in [0.5, 0.6) is 0 Å². The highest BCUT2D eigenvalue weighted by Gasteiger charge is 2.38. The molecule has 0 amide bonds. The van der Waals surface area contributed by atoms with Crippen LogP contribution < -0.4 is 0 Å². The van der Waals surface area contributed by atoms with Crippen molar-refractivity contribution >= 4 is 0 Å². The van der Waals surface area contributed by atoms with E-state index >= 15 is 0 Å². The maximum absolute atomic E-state index is 2.89. The minimum absolute atomic E-state index is 0.945. The highest BCUT2D eigenvalue weighted by atomic mass is 15.2. The summed E-state index contributed by atoms with van der Waals surface area (Å²) >= 11 is 0. The van der Waals surface area contributed by atoms with Crippen molar-refractivity contribution in [1.29, 1.82) is 0 Å². The molecular weight excluding hydrogens is 194 g/mol. The molecule has 0 aromatic carbocycles. The molecule has 0 N–H and O–H groups in total. The number of nitrogens with zero attached hydrogens (tertiary/aromatic N) is 1. The van der Waals surface area contributed by atoms with E-state index in [2.05, 4.69) is 18.7 Å². The van der Waals surface area contributed by atoms with Crippen molar-refractivity contribution in [3.63, 3.8) is 0 Å². The highest BCUT2D eigenvalue weighted by Crippen LogP contribution is 2.38. The Bertz CT molecular complexity index is 202. The third-order valence-electron chi connectivity index (χ3n) is 4.78. The third-order valence-corrected chi connectivity index (χ3v) is 4.78. The quantitative estimate of drug-likeness (QED) is 0.674. The maximum Gasteiger partial charge on any atom is 0.0127 e. The van der Waals surface area contributed by atoms with Gasteiger partial charge in [-0.1, -0.05) is 33.1 Å². The summed E-state index contributed by atoms with van der Waals surface area (Å²) in [6.45, 7) is 6.08. The van der Waals surface area contributed by atoms with Gasteiger partial charge in [-0.05, 0) is 51.0 Å². The Balaban J connectivity index is 1.91. The van der Waals surface area contributed by atoms with Gasteiger partial charge in [0.05, 0.1) is 0 Å². The highest BCUT2D eigenvalue weighted by molar-refractivity contribution is 4.93. The van der Waals surface area contributed by atoms with Crippen LogP contribution in [0.1, 0.15) is 71.6 Å². The largest absolute Gasteiger partial charge is 0.297 e. The van der Waals surface area contributed by atoms with Gasteiger partial charge in [0, 0.05) is 12.1 Å². The van der Waals surface area contributed by atoms with Gasteiger partial charge in [0.25, 0.3) is 0 Å². The monoisotopic (exact) mass is 223 g/mol. The standard InChI is InChI=1S/C15H29N/c1-3-5-8-14-11-10-13(7-4-2)15-9-6-12-16(14)15/h13-15H,3-12H2,1-2H3/t13-,14-,15+/m0/s1. The summed E-state index contributed by atoms with van der Waals surface area (Å²) in [4.78, 5) is 2.89. The molecule has 3 atom stereocenters. The Morgan fingerprint density at radius 2 is 1.88 bits per heavy atom. The molecule has 2 rings (SSSR count). The van der Waals surface area contributed by atoms with Crippen LogP contribution in [0.3, 0.4) is 0 Å². The molecule has 2 heterocycles. The first-order chi connectivity index (χ1) is 7.86. The number of piperidine rings is 1. The fourth-order valence-corrected chi connectivity index (χ4v) is 4.00. The average molecular weight is 223 g/mol. The van der Waals surface area contributed by atoms with Gasteiger partial charge in [-0.2, -0.15) is 0 Å². The van der Waals surface area contributed by atoms with Crippen molar-refractivity contribution < 1.29 is 0 Å². The lowest BCUT2D eigenvalue weighted by Crippen LogP contribution is -2.47. The van der Waals surface area contributed by atoms with Crippen molar-refractivity contribution in [3.05, 3.63) is 0 Å². The minimum atomic E-state index is 0.945. The average Bonchev–Trinajstić information content (AvgIpc) is 2.78. The summed E-state index contributed by atoms with van der Waals surface area (Å²) in [5.41, 5.74) is 0. The lowest BCUT2D eigenvalue weighted by molar-refractivity contribution is 0.0638. The lowest BCUT2D eigenvalue weighted by atomic mass is 9.82. The minimum Gasteiger partial charge on any atom is -0.297 e. The first kappa shape index (κ1) is 12.4. The van der Waals surface area contributed by atoms with Crippen LogP contribution in [0.15, 0.2) is 0 Å². The fraction of sp³-hybridized carbons (Fsp3) is 1.00. The first-order valence-corrected chi connectivity index (χ1v) is 7.62. The van der Waals surface area contributed by atoms with Crippen LogP contribution in [-0.2, 0) is 0 Å². The first-order valence-electron chi connectivity index (χ1n) is 7.62. The molecule has 2 aliphatic rings. The Labute approximate surface area is 102 Å². The molecule has 0 saturated carbocycles. The summed E-state index contributed by atoms with van der Waals surface area (Å²) in [6.07, 6.45) is 13.1. The van der Waals surface area contributed by atoms with E-state index < -0.39 is 0 Å². The molecule has 2 fully saturated rings. The Hall–Kier alpha value is -0.0400. The van der Waals surface area contributed by atoms with Crippen LogP contribution in [0.25, 0.3) is 0 Å². The van der Waals surface area contributed by atoms with Gasteiger partial charge in [-0.15, -0.1) is 0 Å². The molecular formula is C15H29N. The Morgan fingerprint density at radius 1 is 1.00 bits per heavy atom. The number of unbranched alkanes of at least 4 members (excludes halogenated alkanes) is 1. The Morgan fingerprint density at radius 3 is 2.62 bits per heavy atom. The summed E-state index contributed by atoms with van der Waals surface area (Å²) in [5.74, 6) is 1.03. The van der Waals surface area contributed by atoms with E-state index in [-0.39, 0.29) is 0 Å². The zero-order valence-electron chi connectivity index (χ0n) is 11.3. The van der Waals surface area contributed by atoms with Gasteiger partial charge in [-0.25, -0.2) is 0 Å². The topological polar surface area (TPSA) is 3.24 Å². The van der Waals surface area contributed by atoms with Crippen molar-refractivity contribution in [1.82, 2.24) is 4.90 Å². The lowest BCUT2D eigenvalue weighted by Gasteiger charge is -2.43. The SMILES string of the molecule is CCCC[C@H]1CC[C@H](CCC)[C@H]2CCCN12. The molecule has 16 heavy (non-hydrogen) atoms. The third kappa shape index (κ3) is 2.61. The van der Waals surface area contributed by atoms with Gasteiger partial charge in [0.1, 0.15) is 0 Å². The summed E-state index contributed by atoms with van der Waals surface area (Å²) in [7, 11) is 0. The van der Waals surface area contributed by atoms with Gasteiger partial charge < -0.3 is 0 Å². The van der Waals surface area contributed by atoms with E-state index in [0.717, 1.165) is 18.0 Å². The van der Waals surface area contributed by atoms with Crippen molar-refractivity contribution in [2.45, 2.75) is 83.7 Å². The van der Waals surface area contributed by atoms with E-state index in [9.17, 15) is 0 Å². The van der Waals surface area contributed by atoms with Gasteiger partial charge in [0.2, 0.25) is 0 Å². The second kappa shape index (κ2) is 6.05. The van der Waals surface area contributed by atoms with E-state index in [1.54, 1.807) is 0 Å². The zero-order valence-corrected chi connectivity index (χ0v) is 11.3. The Kier molecular flexibility index (Phi) is 4.69. The predicted molar refractivity (Wildman–Crippen MR) is 70.7 cm³/mol. The van der Waals surface area contributed by atoms with Crippen molar-refractivity contribution in [2.24, 2.45) is 5.92 Å². The number of rotatable bonds is 5. The van der Waals surface area contributed by atoms with Gasteiger partial charge >= 0.3 is 0 Å². The second-order valence-corrected chi connectivity index (χ2v) is 5.87. The smallest absolute Gasteiger partial charge is 0.0127 e. The molecule has 0 radical (unpaired) electrons. The zero-order chi connectivity index (χ0) is 11.4. The molecule has 2 aliphatic heterocycles. The van der Waals surface area contributed by atoms with Crippen molar-refractivity contribution in [3.8, 4) is 0 Å². The predicted octanol–water partition coefficient (Wildman–Crippen LogP) is 4.22. The number of hydrogen-bond donors (Lipinski definition) is 0. The van der Waals surface area contributed by atoms with E-state index in [1.807, 2.05) is 0 Å². The molecule has 2 saturated heterocycles. The van der Waals surface area contributed by atoms with Gasteiger partial charge in [0.15, 0.2) is 0 Å². The second-order valence-electron chi connectivity index (χ2n) is 5.87. The van der Waals surface area contributed by atoms with E-state index in [4.69, 9.17) is 0 Å². The molecule has 1 nitrogen and oxygen atoms in total. The van der Waals surface area contributed by atoms with E-state index in [0.29, 0.717) is 0 Å². The summed E-state index contributed by atoms with van der Waals surface area (Å²) in [5, 5.41) is 0. The van der Waals surface area contributed by atoms with Gasteiger partial charge in [-0.3, -0.25) is 4.90 Å². The van der Waals surface area contributed by atoms with Crippen LogP contribution in [-0.4, -0.2) is 23.5 Å². The fourth-order valence-electron chi connectivity index (χ4n) is 4.00. The molecule has 94 valence electrons. The van der Waals surface area contributed by atoms with Crippen LogP contribution >= 0.6 is 0 Å². The van der Waals surface area contributed by atoms with Crippen molar-refractivity contribution in [2.75, 3.05) is 6.54 Å². The number of fused-ring (bicyclic) bond motifs is 1. The summed E-state index contributed by atoms with van der Waals surface area (Å²) in [6, 6.07) is 1.91. The van der Waals surface area contributed by atoms with Crippen LogP contribution in [0, 0.1) is 5.92 Å². The molecule has 0 aromatic heterocycles. The molecule has 1 heteroatoms. The van der Waals surface area contributed by atoms with Crippen LogP contribution in [0.2, 0.25) is 0 Å². The summed E-state index contributed by atoms with van der Waals surface area (Å²) < 4.78 is 0. The maximum atomic E-state index is 2.89. The molecule has 0 bridgehead atoms. The van der Waals surface area contributed by atoms with Crippen LogP contribution in [0.4, 0.5) is 0 Å². The normalized spacial score (nSPS) is 35.2.